The van der Waals surface area contributed by atoms with E-state index < -0.39 is 9.84 Å². The number of sulfone groups is 1. The second-order valence-corrected chi connectivity index (χ2v) is 6.66. The third-order valence-corrected chi connectivity index (χ3v) is 5.02. The molecule has 0 aliphatic carbocycles. The molecule has 14 heavy (non-hydrogen) atoms. The van der Waals surface area contributed by atoms with Crippen LogP contribution < -0.4 is 5.32 Å². The maximum Gasteiger partial charge on any atom is 0.151 e. The molecule has 2 rings (SSSR count). The van der Waals surface area contributed by atoms with Gasteiger partial charge in [0, 0.05) is 18.6 Å². The van der Waals surface area contributed by atoms with Crippen molar-refractivity contribution in [3.05, 3.63) is 0 Å². The molecule has 0 aromatic heterocycles. The Morgan fingerprint density at radius 3 is 2.57 bits per heavy atom. The summed E-state index contributed by atoms with van der Waals surface area (Å²) in [5.74, 6) is 0.732. The van der Waals surface area contributed by atoms with Gasteiger partial charge in [0.1, 0.15) is 0 Å². The number of hydrogen-bond donors (Lipinski definition) is 1. The number of nitrogens with one attached hydrogen (secondary N) is 1. The zero-order chi connectivity index (χ0) is 10.2. The van der Waals surface area contributed by atoms with Crippen LogP contribution in [0.1, 0.15) is 12.8 Å². The standard InChI is InChI=1S/C9H18N2O2S/c1-11(6-8-2-4-10-8)9-3-5-14(12,13)7-9/h8-10H,2-7H2,1H3. The molecule has 4 nitrogen and oxygen atoms in total. The number of rotatable bonds is 3. The fraction of sp³-hybridized carbons (Fsp3) is 1.00. The van der Waals surface area contributed by atoms with Crippen molar-refractivity contribution in [1.29, 1.82) is 0 Å². The molecule has 0 bridgehead atoms. The molecule has 1 N–H and O–H groups in total. The van der Waals surface area contributed by atoms with E-state index in [1.54, 1.807) is 0 Å². The van der Waals surface area contributed by atoms with Crippen LogP contribution in [0.2, 0.25) is 0 Å². The second kappa shape index (κ2) is 3.79. The normalized spacial score (nSPS) is 35.9. The predicted octanol–water partition coefficient (Wildman–Crippen LogP) is -0.533. The lowest BCUT2D eigenvalue weighted by atomic mass is 10.1. The van der Waals surface area contributed by atoms with Crippen molar-refractivity contribution in [3.8, 4) is 0 Å². The van der Waals surface area contributed by atoms with Crippen LogP contribution in [0.25, 0.3) is 0 Å². The third kappa shape index (κ3) is 2.27. The summed E-state index contributed by atoms with van der Waals surface area (Å²) >= 11 is 0. The highest BCUT2D eigenvalue weighted by atomic mass is 32.2. The predicted molar refractivity (Wildman–Crippen MR) is 56.1 cm³/mol. The van der Waals surface area contributed by atoms with Crippen LogP contribution >= 0.6 is 0 Å². The van der Waals surface area contributed by atoms with E-state index in [0.29, 0.717) is 17.5 Å². The Kier molecular flexibility index (Phi) is 2.81. The van der Waals surface area contributed by atoms with Gasteiger partial charge in [0.15, 0.2) is 9.84 Å². The molecule has 0 spiro atoms. The molecule has 2 aliphatic rings. The van der Waals surface area contributed by atoms with Gasteiger partial charge in [0.05, 0.1) is 11.5 Å². The van der Waals surface area contributed by atoms with Gasteiger partial charge in [-0.15, -0.1) is 0 Å². The average Bonchev–Trinajstić information content (AvgIpc) is 2.38. The lowest BCUT2D eigenvalue weighted by Crippen LogP contribution is -2.51. The van der Waals surface area contributed by atoms with E-state index in [0.717, 1.165) is 19.5 Å². The van der Waals surface area contributed by atoms with Crippen molar-refractivity contribution in [2.45, 2.75) is 24.9 Å². The highest BCUT2D eigenvalue weighted by Crippen LogP contribution is 2.17. The van der Waals surface area contributed by atoms with Gasteiger partial charge in [0.2, 0.25) is 0 Å². The zero-order valence-corrected chi connectivity index (χ0v) is 9.39. The topological polar surface area (TPSA) is 49.4 Å². The van der Waals surface area contributed by atoms with Crippen LogP contribution in [0.4, 0.5) is 0 Å². The molecule has 2 saturated heterocycles. The summed E-state index contributed by atoms with van der Waals surface area (Å²) in [6.45, 7) is 2.10. The molecule has 2 unspecified atom stereocenters. The molecule has 0 aromatic rings. The molecule has 82 valence electrons. The summed E-state index contributed by atoms with van der Waals surface area (Å²) in [6.07, 6.45) is 2.04. The molecule has 0 saturated carbocycles. The Hall–Kier alpha value is -0.130. The minimum Gasteiger partial charge on any atom is -0.313 e. The summed E-state index contributed by atoms with van der Waals surface area (Å²) in [5.41, 5.74) is 0. The van der Waals surface area contributed by atoms with E-state index in [4.69, 9.17) is 0 Å². The second-order valence-electron chi connectivity index (χ2n) is 4.44. The summed E-state index contributed by atoms with van der Waals surface area (Å²) in [4.78, 5) is 2.20. The summed E-state index contributed by atoms with van der Waals surface area (Å²) < 4.78 is 22.5. The molecular weight excluding hydrogens is 200 g/mol. The van der Waals surface area contributed by atoms with Gasteiger partial charge in [-0.2, -0.15) is 0 Å². The molecule has 0 amide bonds. The molecule has 0 aromatic carbocycles. The third-order valence-electron chi connectivity index (χ3n) is 3.27. The minimum absolute atomic E-state index is 0.252. The molecule has 2 heterocycles. The molecule has 2 fully saturated rings. The van der Waals surface area contributed by atoms with E-state index in [9.17, 15) is 8.42 Å². The van der Waals surface area contributed by atoms with Crippen molar-refractivity contribution in [3.63, 3.8) is 0 Å². The summed E-state index contributed by atoms with van der Waals surface area (Å²) in [6, 6.07) is 0.839. The molecule has 2 atom stereocenters. The maximum atomic E-state index is 11.3. The van der Waals surface area contributed by atoms with Gasteiger partial charge in [-0.05, 0) is 26.4 Å². The number of hydrogen-bond acceptors (Lipinski definition) is 4. The highest BCUT2D eigenvalue weighted by molar-refractivity contribution is 7.91. The summed E-state index contributed by atoms with van der Waals surface area (Å²) in [7, 11) is -0.694. The van der Waals surface area contributed by atoms with Gasteiger partial charge in [-0.3, -0.25) is 0 Å². The largest absolute Gasteiger partial charge is 0.313 e. The number of nitrogens with zero attached hydrogens (tertiary/aromatic N) is 1. The molecule has 2 aliphatic heterocycles. The molecular formula is C9H18N2O2S. The highest BCUT2D eigenvalue weighted by Gasteiger charge is 2.32. The fourth-order valence-electron chi connectivity index (χ4n) is 2.12. The van der Waals surface area contributed by atoms with E-state index in [2.05, 4.69) is 10.2 Å². The van der Waals surface area contributed by atoms with Gasteiger partial charge in [-0.1, -0.05) is 0 Å². The van der Waals surface area contributed by atoms with Crippen molar-refractivity contribution in [2.24, 2.45) is 0 Å². The first-order valence-corrected chi connectivity index (χ1v) is 7.03. The first-order valence-electron chi connectivity index (χ1n) is 5.21. The van der Waals surface area contributed by atoms with Crippen molar-refractivity contribution in [2.75, 3.05) is 31.6 Å². The maximum absolute atomic E-state index is 11.3. The van der Waals surface area contributed by atoms with Crippen LogP contribution in [-0.4, -0.2) is 57.0 Å². The first-order chi connectivity index (χ1) is 6.57. The van der Waals surface area contributed by atoms with Crippen molar-refractivity contribution < 1.29 is 8.42 Å². The molecule has 5 heteroatoms. The van der Waals surface area contributed by atoms with Gasteiger partial charge < -0.3 is 10.2 Å². The quantitative estimate of drug-likeness (QED) is 0.692. The van der Waals surface area contributed by atoms with Gasteiger partial charge in [-0.25, -0.2) is 8.42 Å². The minimum atomic E-state index is -2.73. The smallest absolute Gasteiger partial charge is 0.151 e. The van der Waals surface area contributed by atoms with Crippen LogP contribution in [-0.2, 0) is 9.84 Å². The SMILES string of the molecule is CN(CC1CCN1)C1CCS(=O)(=O)C1. The Bertz CT molecular complexity index is 298. The fourth-order valence-corrected chi connectivity index (χ4v) is 3.93. The monoisotopic (exact) mass is 218 g/mol. The molecule has 0 radical (unpaired) electrons. The van der Waals surface area contributed by atoms with Crippen LogP contribution in [0.5, 0.6) is 0 Å². The Morgan fingerprint density at radius 1 is 1.43 bits per heavy atom. The van der Waals surface area contributed by atoms with Crippen LogP contribution in [0, 0.1) is 0 Å². The Labute approximate surface area is 85.6 Å². The average molecular weight is 218 g/mol. The van der Waals surface area contributed by atoms with E-state index in [1.807, 2.05) is 7.05 Å². The Balaban J connectivity index is 1.83. The van der Waals surface area contributed by atoms with E-state index in [-0.39, 0.29) is 6.04 Å². The summed E-state index contributed by atoms with van der Waals surface area (Å²) in [5, 5.41) is 3.33. The van der Waals surface area contributed by atoms with Crippen molar-refractivity contribution in [1.82, 2.24) is 10.2 Å². The lowest BCUT2D eigenvalue weighted by molar-refractivity contribution is 0.200. The Morgan fingerprint density at radius 2 is 2.14 bits per heavy atom. The van der Waals surface area contributed by atoms with Gasteiger partial charge >= 0.3 is 0 Å². The van der Waals surface area contributed by atoms with Crippen LogP contribution in [0.3, 0.4) is 0 Å². The zero-order valence-electron chi connectivity index (χ0n) is 8.57. The number of likely N-dealkylation sites (N-methyl/N-ethyl adjacent to an activating group) is 1. The van der Waals surface area contributed by atoms with Crippen molar-refractivity contribution >= 4 is 9.84 Å². The lowest BCUT2D eigenvalue weighted by Gasteiger charge is -2.34. The van der Waals surface area contributed by atoms with Crippen LogP contribution in [0.15, 0.2) is 0 Å². The van der Waals surface area contributed by atoms with Gasteiger partial charge in [0.25, 0.3) is 0 Å². The van der Waals surface area contributed by atoms with E-state index in [1.165, 1.54) is 6.42 Å². The van der Waals surface area contributed by atoms with E-state index >= 15 is 0 Å². The first kappa shape index (κ1) is 10.4.